The summed E-state index contributed by atoms with van der Waals surface area (Å²) in [6, 6.07) is 13.1. The number of fused-ring (bicyclic) bond motifs is 3. The molecule has 3 aromatic rings. The lowest BCUT2D eigenvalue weighted by Gasteiger charge is -2.33. The number of halogens is 1. The summed E-state index contributed by atoms with van der Waals surface area (Å²) in [6.45, 7) is 0.202. The van der Waals surface area contributed by atoms with Crippen LogP contribution in [0.1, 0.15) is 11.3 Å². The molecule has 0 saturated carbocycles. The predicted octanol–water partition coefficient (Wildman–Crippen LogP) is 3.86. The maximum atomic E-state index is 12.7. The van der Waals surface area contributed by atoms with Crippen molar-refractivity contribution in [3.05, 3.63) is 64.8 Å². The molecule has 0 radical (unpaired) electrons. The van der Waals surface area contributed by atoms with Crippen molar-refractivity contribution < 1.29 is 14.7 Å². The third-order valence-electron chi connectivity index (χ3n) is 4.63. The molecule has 1 aliphatic heterocycles. The molecule has 0 aliphatic carbocycles. The van der Waals surface area contributed by atoms with Crippen molar-refractivity contribution in [2.75, 3.05) is 5.32 Å². The highest BCUT2D eigenvalue weighted by atomic mass is 35.5. The summed E-state index contributed by atoms with van der Waals surface area (Å²) in [4.78, 5) is 29.1. The summed E-state index contributed by atoms with van der Waals surface area (Å²) >= 11 is 5.94. The van der Waals surface area contributed by atoms with Crippen LogP contribution < -0.4 is 5.32 Å². The zero-order valence-electron chi connectivity index (χ0n) is 13.7. The molecule has 4 rings (SSSR count). The molecule has 0 saturated heterocycles. The van der Waals surface area contributed by atoms with Gasteiger partial charge in [-0.25, -0.2) is 9.59 Å². The Bertz CT molecular complexity index is 1010. The van der Waals surface area contributed by atoms with Gasteiger partial charge < -0.3 is 20.3 Å². The average molecular weight is 370 g/mol. The van der Waals surface area contributed by atoms with E-state index in [1.807, 2.05) is 24.3 Å². The topological polar surface area (TPSA) is 85.4 Å². The van der Waals surface area contributed by atoms with Gasteiger partial charge in [-0.05, 0) is 29.8 Å². The van der Waals surface area contributed by atoms with Crippen LogP contribution in [0.3, 0.4) is 0 Å². The number of aliphatic carboxylic acids is 1. The number of para-hydroxylation sites is 1. The van der Waals surface area contributed by atoms with E-state index in [0.717, 1.165) is 22.2 Å². The Morgan fingerprint density at radius 1 is 1.19 bits per heavy atom. The van der Waals surface area contributed by atoms with Crippen LogP contribution in [0.15, 0.2) is 48.5 Å². The zero-order valence-corrected chi connectivity index (χ0v) is 14.5. The summed E-state index contributed by atoms with van der Waals surface area (Å²) in [7, 11) is 0. The number of amides is 2. The minimum Gasteiger partial charge on any atom is -0.480 e. The van der Waals surface area contributed by atoms with Gasteiger partial charge in [0.05, 0.1) is 6.54 Å². The van der Waals surface area contributed by atoms with Crippen LogP contribution >= 0.6 is 11.6 Å². The van der Waals surface area contributed by atoms with Crippen molar-refractivity contribution in [2.24, 2.45) is 0 Å². The molecule has 2 aromatic carbocycles. The number of nitrogens with zero attached hydrogens (tertiary/aromatic N) is 1. The number of aromatic amines is 1. The summed E-state index contributed by atoms with van der Waals surface area (Å²) in [6.07, 6.45) is 0.262. The largest absolute Gasteiger partial charge is 0.480 e. The Morgan fingerprint density at radius 2 is 2.00 bits per heavy atom. The Kier molecular flexibility index (Phi) is 4.05. The van der Waals surface area contributed by atoms with Crippen LogP contribution in [-0.4, -0.2) is 33.0 Å². The number of rotatable bonds is 2. The van der Waals surface area contributed by atoms with Gasteiger partial charge in [0, 0.05) is 33.7 Å². The standard InChI is InChI=1S/C19H16ClN3O3/c20-11-4-3-5-12(8-11)21-19(26)23-10-16-14(9-17(23)18(24)25)13-6-1-2-7-15(13)22-16/h1-8,17,22H,9-10H2,(H,21,26)(H,24,25). The van der Waals surface area contributed by atoms with Crippen LogP contribution in [0, 0.1) is 0 Å². The highest BCUT2D eigenvalue weighted by molar-refractivity contribution is 6.30. The number of carboxylic acids is 1. The van der Waals surface area contributed by atoms with E-state index in [2.05, 4.69) is 10.3 Å². The summed E-state index contributed by atoms with van der Waals surface area (Å²) < 4.78 is 0. The van der Waals surface area contributed by atoms with Gasteiger partial charge in [-0.15, -0.1) is 0 Å². The van der Waals surface area contributed by atoms with Crippen molar-refractivity contribution >= 4 is 40.2 Å². The molecular weight excluding hydrogens is 354 g/mol. The molecule has 7 heteroatoms. The van der Waals surface area contributed by atoms with E-state index in [0.29, 0.717) is 10.7 Å². The van der Waals surface area contributed by atoms with Crippen molar-refractivity contribution in [3.8, 4) is 0 Å². The van der Waals surface area contributed by atoms with E-state index in [9.17, 15) is 14.7 Å². The molecular formula is C19H16ClN3O3. The Labute approximate surface area is 154 Å². The lowest BCUT2D eigenvalue weighted by Crippen LogP contribution is -2.50. The fraction of sp³-hybridized carbons (Fsp3) is 0.158. The molecule has 1 unspecified atom stereocenters. The average Bonchev–Trinajstić information content (AvgIpc) is 2.98. The minimum absolute atomic E-state index is 0.202. The highest BCUT2D eigenvalue weighted by Crippen LogP contribution is 2.30. The fourth-order valence-electron chi connectivity index (χ4n) is 3.40. The molecule has 0 fully saturated rings. The third-order valence-corrected chi connectivity index (χ3v) is 4.86. The number of hydrogen-bond acceptors (Lipinski definition) is 2. The van der Waals surface area contributed by atoms with E-state index in [4.69, 9.17) is 11.6 Å². The second-order valence-corrected chi connectivity index (χ2v) is 6.69. The first kappa shape index (κ1) is 16.5. The monoisotopic (exact) mass is 369 g/mol. The molecule has 6 nitrogen and oxygen atoms in total. The molecule has 2 amide bonds. The Balaban J connectivity index is 1.66. The molecule has 0 bridgehead atoms. The molecule has 1 atom stereocenters. The number of carboxylic acid groups (broad SMARTS) is 1. The lowest BCUT2D eigenvalue weighted by molar-refractivity contribution is -0.142. The SMILES string of the molecule is O=C(O)C1Cc2c([nH]c3ccccc23)CN1C(=O)Nc1cccc(Cl)c1. The van der Waals surface area contributed by atoms with E-state index < -0.39 is 18.0 Å². The van der Waals surface area contributed by atoms with Crippen molar-refractivity contribution in [3.63, 3.8) is 0 Å². The van der Waals surface area contributed by atoms with Gasteiger partial charge in [0.1, 0.15) is 6.04 Å². The Morgan fingerprint density at radius 3 is 2.77 bits per heavy atom. The van der Waals surface area contributed by atoms with E-state index in [1.165, 1.54) is 4.90 Å². The third kappa shape index (κ3) is 2.88. The normalized spacial score (nSPS) is 16.3. The van der Waals surface area contributed by atoms with Gasteiger partial charge >= 0.3 is 12.0 Å². The molecule has 2 heterocycles. The van der Waals surface area contributed by atoms with Crippen molar-refractivity contribution in [1.29, 1.82) is 0 Å². The van der Waals surface area contributed by atoms with Crippen LogP contribution in [0.2, 0.25) is 5.02 Å². The molecule has 0 spiro atoms. The summed E-state index contributed by atoms with van der Waals surface area (Å²) in [5.74, 6) is -1.03. The predicted molar refractivity (Wildman–Crippen MR) is 99.4 cm³/mol. The number of aromatic nitrogens is 1. The van der Waals surface area contributed by atoms with E-state index >= 15 is 0 Å². The van der Waals surface area contributed by atoms with Crippen molar-refractivity contribution in [1.82, 2.24) is 9.88 Å². The van der Waals surface area contributed by atoms with Crippen LogP contribution in [0.5, 0.6) is 0 Å². The number of hydrogen-bond donors (Lipinski definition) is 3. The highest BCUT2D eigenvalue weighted by Gasteiger charge is 2.36. The van der Waals surface area contributed by atoms with Gasteiger partial charge in [0.25, 0.3) is 0 Å². The second-order valence-electron chi connectivity index (χ2n) is 6.25. The van der Waals surface area contributed by atoms with Crippen molar-refractivity contribution in [2.45, 2.75) is 19.0 Å². The second kappa shape index (κ2) is 6.38. The van der Waals surface area contributed by atoms with Gasteiger partial charge in [-0.3, -0.25) is 0 Å². The number of carbonyl (C=O) groups excluding carboxylic acids is 1. The van der Waals surface area contributed by atoms with E-state index in [-0.39, 0.29) is 13.0 Å². The number of anilines is 1. The quantitative estimate of drug-likeness (QED) is 0.641. The summed E-state index contributed by atoms with van der Waals surface area (Å²) in [5, 5.41) is 13.9. The first-order chi connectivity index (χ1) is 12.5. The van der Waals surface area contributed by atoms with Crippen LogP contribution in [0.25, 0.3) is 10.9 Å². The maximum absolute atomic E-state index is 12.7. The fourth-order valence-corrected chi connectivity index (χ4v) is 3.59. The van der Waals surface area contributed by atoms with Gasteiger partial charge in [0.15, 0.2) is 0 Å². The van der Waals surface area contributed by atoms with Gasteiger partial charge in [0.2, 0.25) is 0 Å². The van der Waals surface area contributed by atoms with Crippen LogP contribution in [-0.2, 0) is 17.8 Å². The first-order valence-electron chi connectivity index (χ1n) is 8.17. The number of nitrogens with one attached hydrogen (secondary N) is 2. The number of benzene rings is 2. The number of H-pyrrole nitrogens is 1. The number of carbonyl (C=O) groups is 2. The lowest BCUT2D eigenvalue weighted by atomic mass is 9.97. The minimum atomic E-state index is -1.03. The summed E-state index contributed by atoms with van der Waals surface area (Å²) in [5.41, 5.74) is 3.29. The Hall–Kier alpha value is -2.99. The van der Waals surface area contributed by atoms with Gasteiger partial charge in [-0.1, -0.05) is 35.9 Å². The number of urea groups is 1. The van der Waals surface area contributed by atoms with Crippen LogP contribution in [0.4, 0.5) is 10.5 Å². The molecule has 1 aromatic heterocycles. The molecule has 1 aliphatic rings. The smallest absolute Gasteiger partial charge is 0.326 e. The molecule has 132 valence electrons. The maximum Gasteiger partial charge on any atom is 0.326 e. The van der Waals surface area contributed by atoms with Gasteiger partial charge in [-0.2, -0.15) is 0 Å². The zero-order chi connectivity index (χ0) is 18.3. The molecule has 26 heavy (non-hydrogen) atoms. The first-order valence-corrected chi connectivity index (χ1v) is 8.55. The van der Waals surface area contributed by atoms with E-state index in [1.54, 1.807) is 24.3 Å². The molecule has 3 N–H and O–H groups in total.